The van der Waals surface area contributed by atoms with Gasteiger partial charge in [0.2, 0.25) is 0 Å². The maximum absolute atomic E-state index is 13.1. The summed E-state index contributed by atoms with van der Waals surface area (Å²) in [6.07, 6.45) is 2.92. The molecule has 0 aromatic heterocycles. The van der Waals surface area contributed by atoms with Crippen molar-refractivity contribution in [2.24, 2.45) is 0 Å². The lowest BCUT2D eigenvalue weighted by Crippen LogP contribution is -2.51. The number of benzene rings is 2. The van der Waals surface area contributed by atoms with E-state index in [0.717, 1.165) is 0 Å². The second-order valence-corrected chi connectivity index (χ2v) is 9.93. The molecule has 2 aliphatic rings. The van der Waals surface area contributed by atoms with Crippen LogP contribution in [0.2, 0.25) is 0 Å². The van der Waals surface area contributed by atoms with Crippen molar-refractivity contribution in [2.75, 3.05) is 32.3 Å². The Hall–Kier alpha value is -4.34. The third-order valence-corrected chi connectivity index (χ3v) is 7.60. The topological polar surface area (TPSA) is 129 Å². The zero-order valence-electron chi connectivity index (χ0n) is 23.7. The zero-order valence-corrected chi connectivity index (χ0v) is 23.7. The van der Waals surface area contributed by atoms with Gasteiger partial charge in [-0.3, -0.25) is 4.79 Å². The summed E-state index contributed by atoms with van der Waals surface area (Å²) >= 11 is 0. The third-order valence-electron chi connectivity index (χ3n) is 7.60. The number of aromatic carboxylic acids is 1. The predicted octanol–water partition coefficient (Wildman–Crippen LogP) is 4.65. The molecule has 0 radical (unpaired) electrons. The van der Waals surface area contributed by atoms with Gasteiger partial charge in [-0.2, -0.15) is 0 Å². The van der Waals surface area contributed by atoms with Gasteiger partial charge in [0.15, 0.2) is 5.60 Å². The molecule has 1 N–H and O–H groups in total. The molecule has 2 aromatic carbocycles. The lowest BCUT2D eigenvalue weighted by atomic mass is 9.78. The van der Waals surface area contributed by atoms with Gasteiger partial charge in [0.25, 0.3) is 0 Å². The third kappa shape index (κ3) is 5.51. The predicted molar refractivity (Wildman–Crippen MR) is 149 cm³/mol. The van der Waals surface area contributed by atoms with Crippen LogP contribution in [0.5, 0.6) is 5.75 Å². The Balaban J connectivity index is 2.04. The van der Waals surface area contributed by atoms with Gasteiger partial charge < -0.3 is 29.0 Å². The van der Waals surface area contributed by atoms with E-state index in [1.165, 1.54) is 26.4 Å². The fourth-order valence-corrected chi connectivity index (χ4v) is 6.00. The van der Waals surface area contributed by atoms with Crippen LogP contribution in [0, 0.1) is 0 Å². The molecule has 0 fully saturated rings. The van der Waals surface area contributed by atoms with Crippen LogP contribution in [0.4, 0.5) is 5.69 Å². The summed E-state index contributed by atoms with van der Waals surface area (Å²) < 4.78 is 22.3. The number of esters is 3. The first-order valence-corrected chi connectivity index (χ1v) is 13.7. The minimum Gasteiger partial charge on any atom is -0.478 e. The van der Waals surface area contributed by atoms with Crippen LogP contribution < -0.4 is 9.64 Å². The molecule has 0 saturated carbocycles. The summed E-state index contributed by atoms with van der Waals surface area (Å²) in [5.74, 6) is -2.24. The molecule has 2 atom stereocenters. The van der Waals surface area contributed by atoms with Crippen molar-refractivity contribution in [1.82, 2.24) is 0 Å². The molecule has 0 bridgehead atoms. The van der Waals surface area contributed by atoms with Gasteiger partial charge >= 0.3 is 23.9 Å². The molecule has 2 unspecified atom stereocenters. The number of carbonyl (C=O) groups is 4. The summed E-state index contributed by atoms with van der Waals surface area (Å²) in [5.41, 5.74) is 1.35. The molecule has 1 aliphatic heterocycles. The molecule has 2 aromatic rings. The van der Waals surface area contributed by atoms with Crippen LogP contribution in [-0.2, 0) is 29.4 Å². The molecule has 1 aliphatic carbocycles. The Morgan fingerprint density at radius 3 is 2.39 bits per heavy atom. The van der Waals surface area contributed by atoms with Crippen molar-refractivity contribution in [3.05, 3.63) is 70.3 Å². The quantitative estimate of drug-likeness (QED) is 0.304. The standard InChI is InChI=1S/C31H35NO9/c1-5-9-26-31(23-13-8-12-22(23)30(37)39-4,41-21-11-7-10-20(16-21)29(36)38-3)24-15-14-19(28(34)35)17-25(24)32(26)18-27(33)40-6-2/h7,10-11,14-17,26H,5-6,8-9,12-13,18H2,1-4H3,(H,34,35). The minimum absolute atomic E-state index is 0.0462. The van der Waals surface area contributed by atoms with E-state index in [-0.39, 0.29) is 24.3 Å². The second-order valence-electron chi connectivity index (χ2n) is 9.93. The second kappa shape index (κ2) is 12.4. The van der Waals surface area contributed by atoms with Crippen LogP contribution >= 0.6 is 0 Å². The van der Waals surface area contributed by atoms with E-state index in [0.29, 0.717) is 60.3 Å². The van der Waals surface area contributed by atoms with Crippen molar-refractivity contribution in [2.45, 2.75) is 57.6 Å². The van der Waals surface area contributed by atoms with Crippen LogP contribution in [0.15, 0.2) is 53.6 Å². The lowest BCUT2D eigenvalue weighted by Gasteiger charge is -2.41. The first kappa shape index (κ1) is 29.6. The normalized spacial score (nSPS) is 19.5. The summed E-state index contributed by atoms with van der Waals surface area (Å²) in [5, 5.41) is 9.81. The highest BCUT2D eigenvalue weighted by Gasteiger charge is 2.57. The number of hydrogen-bond donors (Lipinski definition) is 1. The molecule has 0 amide bonds. The van der Waals surface area contributed by atoms with Crippen molar-refractivity contribution in [3.63, 3.8) is 0 Å². The number of fused-ring (bicyclic) bond motifs is 1. The van der Waals surface area contributed by atoms with Gasteiger partial charge in [-0.1, -0.05) is 25.5 Å². The van der Waals surface area contributed by atoms with Crippen LogP contribution in [0.25, 0.3) is 0 Å². The van der Waals surface area contributed by atoms with E-state index in [1.54, 1.807) is 37.3 Å². The van der Waals surface area contributed by atoms with Gasteiger partial charge in [-0.15, -0.1) is 0 Å². The van der Waals surface area contributed by atoms with Crippen molar-refractivity contribution in [1.29, 1.82) is 0 Å². The van der Waals surface area contributed by atoms with Gasteiger partial charge in [-0.25, -0.2) is 14.4 Å². The fraction of sp³-hybridized carbons (Fsp3) is 0.419. The molecule has 0 saturated heterocycles. The molecular weight excluding hydrogens is 530 g/mol. The van der Waals surface area contributed by atoms with Gasteiger partial charge in [-0.05, 0) is 68.5 Å². The number of carboxylic acid groups (broad SMARTS) is 1. The Morgan fingerprint density at radius 1 is 0.976 bits per heavy atom. The molecule has 41 heavy (non-hydrogen) atoms. The number of hydrogen-bond acceptors (Lipinski definition) is 9. The largest absolute Gasteiger partial charge is 0.478 e. The number of carbonyl (C=O) groups excluding carboxylic acids is 3. The first-order valence-electron chi connectivity index (χ1n) is 13.7. The monoisotopic (exact) mass is 565 g/mol. The molecular formula is C31H35NO9. The smallest absolute Gasteiger partial charge is 0.337 e. The highest BCUT2D eigenvalue weighted by Crippen LogP contribution is 2.55. The number of rotatable bonds is 11. The number of anilines is 1. The minimum atomic E-state index is -1.30. The molecule has 10 heteroatoms. The van der Waals surface area contributed by atoms with E-state index >= 15 is 0 Å². The Labute approximate surface area is 238 Å². The first-order chi connectivity index (χ1) is 19.7. The lowest BCUT2D eigenvalue weighted by molar-refractivity contribution is -0.141. The summed E-state index contributed by atoms with van der Waals surface area (Å²) in [4.78, 5) is 52.1. The van der Waals surface area contributed by atoms with Crippen LogP contribution in [-0.4, -0.2) is 62.4 Å². The average Bonchev–Trinajstić information content (AvgIpc) is 3.55. The number of methoxy groups -OCH3 is 2. The summed E-state index contributed by atoms with van der Waals surface area (Å²) in [7, 11) is 2.62. The van der Waals surface area contributed by atoms with Gasteiger partial charge in [0.1, 0.15) is 12.3 Å². The van der Waals surface area contributed by atoms with Gasteiger partial charge in [0.05, 0.1) is 38.0 Å². The van der Waals surface area contributed by atoms with Crippen LogP contribution in [0.3, 0.4) is 0 Å². The van der Waals surface area contributed by atoms with E-state index in [9.17, 15) is 24.3 Å². The van der Waals surface area contributed by atoms with Gasteiger partial charge in [0, 0.05) is 16.8 Å². The highest BCUT2D eigenvalue weighted by atomic mass is 16.5. The van der Waals surface area contributed by atoms with Crippen LogP contribution in [0.1, 0.15) is 72.2 Å². The number of ether oxygens (including phenoxy) is 4. The highest BCUT2D eigenvalue weighted by molar-refractivity contribution is 5.93. The van der Waals surface area contributed by atoms with Crippen molar-refractivity contribution < 1.29 is 43.2 Å². The van der Waals surface area contributed by atoms with E-state index in [4.69, 9.17) is 18.9 Å². The number of nitrogens with zero attached hydrogens (tertiary/aromatic N) is 1. The average molecular weight is 566 g/mol. The Morgan fingerprint density at radius 2 is 1.73 bits per heavy atom. The molecule has 1 heterocycles. The molecule has 0 spiro atoms. The fourth-order valence-electron chi connectivity index (χ4n) is 6.00. The van der Waals surface area contributed by atoms with E-state index in [2.05, 4.69) is 0 Å². The SMILES string of the molecule is CCCC1N(CC(=O)OCC)c2cc(C(=O)O)ccc2C1(Oc1cccc(C(=O)OC)c1)C1=C(C(=O)OC)CCC1. The van der Waals surface area contributed by atoms with E-state index in [1.807, 2.05) is 11.8 Å². The van der Waals surface area contributed by atoms with E-state index < -0.39 is 35.5 Å². The number of carboxylic acids is 1. The maximum atomic E-state index is 13.1. The summed E-state index contributed by atoms with van der Waals surface area (Å²) in [6, 6.07) is 10.8. The maximum Gasteiger partial charge on any atom is 0.337 e. The Kier molecular flexibility index (Phi) is 9.00. The molecule has 4 rings (SSSR count). The molecule has 10 nitrogen and oxygen atoms in total. The zero-order chi connectivity index (χ0) is 29.7. The van der Waals surface area contributed by atoms with Crippen molar-refractivity contribution in [3.8, 4) is 5.75 Å². The molecule has 218 valence electrons. The van der Waals surface area contributed by atoms with Crippen molar-refractivity contribution >= 4 is 29.6 Å². The Bertz CT molecular complexity index is 1380. The summed E-state index contributed by atoms with van der Waals surface area (Å²) in [6.45, 7) is 3.76.